The van der Waals surface area contributed by atoms with E-state index in [4.69, 9.17) is 9.84 Å². The highest BCUT2D eigenvalue weighted by atomic mass is 32.1. The topological polar surface area (TPSA) is 79.7 Å². The van der Waals surface area contributed by atoms with Crippen molar-refractivity contribution in [2.75, 3.05) is 13.7 Å². The average Bonchev–Trinajstić information content (AvgIpc) is 3.01. The van der Waals surface area contributed by atoms with E-state index in [-0.39, 0.29) is 18.5 Å². The molecule has 23 heavy (non-hydrogen) atoms. The number of aromatic nitrogens is 1. The molecule has 2 aromatic rings. The second kappa shape index (κ2) is 7.23. The Hall–Kier alpha value is -2.41. The van der Waals surface area contributed by atoms with Gasteiger partial charge in [0.05, 0.1) is 13.3 Å². The zero-order valence-electron chi connectivity index (χ0n) is 13.1. The number of carbonyl (C=O) groups is 2. The maximum Gasteiger partial charge on any atom is 0.323 e. The van der Waals surface area contributed by atoms with Crippen LogP contribution in [0.25, 0.3) is 10.6 Å². The van der Waals surface area contributed by atoms with Gasteiger partial charge in [-0.2, -0.15) is 0 Å². The van der Waals surface area contributed by atoms with Gasteiger partial charge >= 0.3 is 5.97 Å². The Balaban J connectivity index is 2.22. The number of aliphatic carboxylic acids is 1. The number of methoxy groups -OCH3 is 1. The van der Waals surface area contributed by atoms with Gasteiger partial charge in [0, 0.05) is 11.6 Å². The van der Waals surface area contributed by atoms with E-state index in [0.717, 1.165) is 11.3 Å². The van der Waals surface area contributed by atoms with E-state index in [2.05, 4.69) is 4.98 Å². The number of thiazole rings is 1. The first-order valence-electron chi connectivity index (χ1n) is 7.05. The fraction of sp³-hybridized carbons (Fsp3) is 0.312. The van der Waals surface area contributed by atoms with Crippen molar-refractivity contribution in [1.82, 2.24) is 9.88 Å². The van der Waals surface area contributed by atoms with Crippen LogP contribution < -0.4 is 4.74 Å². The number of carboxylic acid groups (broad SMARTS) is 1. The highest BCUT2D eigenvalue weighted by Crippen LogP contribution is 2.27. The van der Waals surface area contributed by atoms with Crippen LogP contribution >= 0.6 is 11.3 Å². The number of amides is 1. The molecule has 0 atom stereocenters. The summed E-state index contributed by atoms with van der Waals surface area (Å²) in [4.78, 5) is 29.4. The van der Waals surface area contributed by atoms with Crippen molar-refractivity contribution in [2.24, 2.45) is 0 Å². The molecule has 1 heterocycles. The van der Waals surface area contributed by atoms with Crippen molar-refractivity contribution in [1.29, 1.82) is 0 Å². The van der Waals surface area contributed by atoms with Crippen LogP contribution in [0.3, 0.4) is 0 Å². The first kappa shape index (κ1) is 17.0. The SMILES string of the molecule is COc1ccc(-c2ncc(C(=O)N(CC(=O)O)C(C)C)s2)cc1. The number of carbonyl (C=O) groups excluding carboxylic acids is 1. The van der Waals surface area contributed by atoms with Gasteiger partial charge in [0.25, 0.3) is 5.91 Å². The first-order valence-corrected chi connectivity index (χ1v) is 7.87. The van der Waals surface area contributed by atoms with Crippen LogP contribution in [0.4, 0.5) is 0 Å². The molecule has 0 spiro atoms. The van der Waals surface area contributed by atoms with E-state index in [1.165, 1.54) is 22.4 Å². The molecule has 1 amide bonds. The van der Waals surface area contributed by atoms with Gasteiger partial charge in [-0.3, -0.25) is 9.59 Å². The van der Waals surface area contributed by atoms with Crippen molar-refractivity contribution in [3.63, 3.8) is 0 Å². The molecule has 0 aliphatic heterocycles. The summed E-state index contributed by atoms with van der Waals surface area (Å²) < 4.78 is 5.11. The van der Waals surface area contributed by atoms with E-state index in [0.29, 0.717) is 9.88 Å². The summed E-state index contributed by atoms with van der Waals surface area (Å²) in [5, 5.41) is 9.65. The minimum absolute atomic E-state index is 0.204. The molecule has 0 saturated carbocycles. The maximum absolute atomic E-state index is 12.5. The Morgan fingerprint density at radius 1 is 1.30 bits per heavy atom. The number of hydrogen-bond donors (Lipinski definition) is 1. The number of ether oxygens (including phenoxy) is 1. The summed E-state index contributed by atoms with van der Waals surface area (Å²) in [7, 11) is 1.60. The predicted octanol–water partition coefficient (Wildman–Crippen LogP) is 2.75. The van der Waals surface area contributed by atoms with Crippen LogP contribution in [-0.2, 0) is 4.79 Å². The highest BCUT2D eigenvalue weighted by molar-refractivity contribution is 7.16. The van der Waals surface area contributed by atoms with Crippen molar-refractivity contribution in [3.8, 4) is 16.3 Å². The third kappa shape index (κ3) is 4.07. The van der Waals surface area contributed by atoms with E-state index in [9.17, 15) is 9.59 Å². The molecule has 122 valence electrons. The number of hydrogen-bond acceptors (Lipinski definition) is 5. The molecular weight excluding hydrogens is 316 g/mol. The molecule has 0 aliphatic carbocycles. The highest BCUT2D eigenvalue weighted by Gasteiger charge is 2.23. The van der Waals surface area contributed by atoms with E-state index in [1.807, 2.05) is 24.3 Å². The number of carboxylic acids is 1. The lowest BCUT2D eigenvalue weighted by Gasteiger charge is -2.23. The van der Waals surface area contributed by atoms with Gasteiger partial charge in [-0.15, -0.1) is 11.3 Å². The molecule has 7 heteroatoms. The van der Waals surface area contributed by atoms with Gasteiger partial charge in [0.1, 0.15) is 22.2 Å². The Labute approximate surface area is 138 Å². The summed E-state index contributed by atoms with van der Waals surface area (Å²) in [6.45, 7) is 3.24. The van der Waals surface area contributed by atoms with Crippen LogP contribution in [0.5, 0.6) is 5.75 Å². The molecule has 1 aromatic carbocycles. The number of benzene rings is 1. The van der Waals surface area contributed by atoms with Crippen LogP contribution in [0, 0.1) is 0 Å². The molecule has 0 bridgehead atoms. The zero-order valence-corrected chi connectivity index (χ0v) is 14.0. The summed E-state index contributed by atoms with van der Waals surface area (Å²) >= 11 is 1.24. The molecule has 0 saturated heterocycles. The van der Waals surface area contributed by atoms with E-state index < -0.39 is 5.97 Å². The van der Waals surface area contributed by atoms with Crippen LogP contribution in [-0.4, -0.2) is 46.6 Å². The summed E-state index contributed by atoms with van der Waals surface area (Å²) in [6.07, 6.45) is 1.49. The smallest absolute Gasteiger partial charge is 0.323 e. The molecule has 6 nitrogen and oxygen atoms in total. The van der Waals surface area contributed by atoms with Crippen LogP contribution in [0.2, 0.25) is 0 Å². The summed E-state index contributed by atoms with van der Waals surface area (Å²) in [5.74, 6) is -0.611. The molecule has 0 aliphatic rings. The average molecular weight is 334 g/mol. The third-order valence-corrected chi connectivity index (χ3v) is 4.28. The number of nitrogens with zero attached hydrogens (tertiary/aromatic N) is 2. The maximum atomic E-state index is 12.5. The fourth-order valence-corrected chi connectivity index (χ4v) is 2.89. The number of rotatable bonds is 6. The van der Waals surface area contributed by atoms with Gasteiger partial charge in [-0.05, 0) is 38.1 Å². The quantitative estimate of drug-likeness (QED) is 0.878. The lowest BCUT2D eigenvalue weighted by atomic mass is 10.2. The first-order chi connectivity index (χ1) is 10.9. The molecule has 0 fully saturated rings. The second-order valence-electron chi connectivity index (χ2n) is 5.18. The molecular formula is C16H18N2O4S. The molecule has 0 unspecified atom stereocenters. The van der Waals surface area contributed by atoms with Crippen molar-refractivity contribution >= 4 is 23.2 Å². The van der Waals surface area contributed by atoms with Crippen LogP contribution in [0.1, 0.15) is 23.5 Å². The molecule has 0 radical (unpaired) electrons. The second-order valence-corrected chi connectivity index (χ2v) is 6.21. The fourth-order valence-electron chi connectivity index (χ4n) is 2.02. The van der Waals surface area contributed by atoms with Crippen molar-refractivity contribution < 1.29 is 19.4 Å². The van der Waals surface area contributed by atoms with Crippen molar-refractivity contribution in [3.05, 3.63) is 35.3 Å². The standard InChI is InChI=1S/C16H18N2O4S/c1-10(2)18(9-14(19)20)16(21)13-8-17-15(23-13)11-4-6-12(22-3)7-5-11/h4-8,10H,9H2,1-3H3,(H,19,20). The Morgan fingerprint density at radius 2 is 1.96 bits per heavy atom. The predicted molar refractivity (Wildman–Crippen MR) is 87.9 cm³/mol. The zero-order chi connectivity index (χ0) is 17.0. The third-order valence-electron chi connectivity index (χ3n) is 3.24. The largest absolute Gasteiger partial charge is 0.497 e. The summed E-state index contributed by atoms with van der Waals surface area (Å²) in [5.41, 5.74) is 0.879. The van der Waals surface area contributed by atoms with Gasteiger partial charge in [0.15, 0.2) is 0 Å². The van der Waals surface area contributed by atoms with Crippen molar-refractivity contribution in [2.45, 2.75) is 19.9 Å². The normalized spacial score (nSPS) is 10.6. The van der Waals surface area contributed by atoms with Gasteiger partial charge < -0.3 is 14.7 Å². The monoisotopic (exact) mass is 334 g/mol. The molecule has 2 rings (SSSR count). The van der Waals surface area contributed by atoms with Gasteiger partial charge in [0.2, 0.25) is 0 Å². The Kier molecular flexibility index (Phi) is 5.33. The molecule has 1 N–H and O–H groups in total. The lowest BCUT2D eigenvalue weighted by Crippen LogP contribution is -2.40. The Bertz CT molecular complexity index is 694. The minimum atomic E-state index is -1.04. The summed E-state index contributed by atoms with van der Waals surface area (Å²) in [6, 6.07) is 7.17. The van der Waals surface area contributed by atoms with Gasteiger partial charge in [-0.25, -0.2) is 4.98 Å². The van der Waals surface area contributed by atoms with E-state index >= 15 is 0 Å². The Morgan fingerprint density at radius 3 is 2.48 bits per heavy atom. The lowest BCUT2D eigenvalue weighted by molar-refractivity contribution is -0.138. The van der Waals surface area contributed by atoms with E-state index in [1.54, 1.807) is 21.0 Å². The van der Waals surface area contributed by atoms with Crippen LogP contribution in [0.15, 0.2) is 30.5 Å². The minimum Gasteiger partial charge on any atom is -0.497 e. The van der Waals surface area contributed by atoms with Gasteiger partial charge in [-0.1, -0.05) is 0 Å². The molecule has 1 aromatic heterocycles.